The summed E-state index contributed by atoms with van der Waals surface area (Å²) in [7, 11) is 0. The smallest absolute Gasteiger partial charge is 0.103 e. The van der Waals surface area contributed by atoms with E-state index in [0.717, 1.165) is 30.6 Å². The number of hydroxylamine groups is 1. The summed E-state index contributed by atoms with van der Waals surface area (Å²) < 4.78 is 0. The van der Waals surface area contributed by atoms with Gasteiger partial charge in [-0.15, -0.1) is 6.42 Å². The van der Waals surface area contributed by atoms with Crippen molar-refractivity contribution in [3.63, 3.8) is 0 Å². The molecule has 5 saturated carbocycles. The lowest BCUT2D eigenvalue weighted by Crippen LogP contribution is -2.57. The highest BCUT2D eigenvalue weighted by atomic mass is 16.7. The van der Waals surface area contributed by atoms with E-state index in [1.807, 2.05) is 0 Å². The lowest BCUT2D eigenvalue weighted by molar-refractivity contribution is -0.211. The molecule has 0 aliphatic heterocycles. The molecular formula is C18H27NO. The fourth-order valence-corrected chi connectivity index (χ4v) is 5.79. The largest absolute Gasteiger partial charge is 0.294 e. The highest BCUT2D eigenvalue weighted by Crippen LogP contribution is 2.57. The van der Waals surface area contributed by atoms with Gasteiger partial charge in [-0.25, -0.2) is 0 Å². The molecule has 5 rings (SSSR count). The Hall–Kier alpha value is -0.520. The Kier molecular flexibility index (Phi) is 3.13. The molecule has 5 aliphatic carbocycles. The van der Waals surface area contributed by atoms with E-state index in [2.05, 4.69) is 11.4 Å². The monoisotopic (exact) mass is 273 g/mol. The zero-order valence-corrected chi connectivity index (χ0v) is 12.5. The summed E-state index contributed by atoms with van der Waals surface area (Å²) in [6.45, 7) is 0. The lowest BCUT2D eigenvalue weighted by atomic mass is 9.54. The van der Waals surface area contributed by atoms with Gasteiger partial charge in [-0.2, -0.15) is 5.48 Å². The van der Waals surface area contributed by atoms with Gasteiger partial charge in [0.2, 0.25) is 0 Å². The Morgan fingerprint density at radius 3 is 1.95 bits per heavy atom. The predicted molar refractivity (Wildman–Crippen MR) is 79.8 cm³/mol. The zero-order chi connectivity index (χ0) is 13.6. The van der Waals surface area contributed by atoms with Gasteiger partial charge in [0, 0.05) is 0 Å². The highest BCUT2D eigenvalue weighted by molar-refractivity contribution is 5.13. The van der Waals surface area contributed by atoms with Crippen LogP contribution in [0.25, 0.3) is 0 Å². The molecule has 4 bridgehead atoms. The zero-order valence-electron chi connectivity index (χ0n) is 12.5. The fourth-order valence-electron chi connectivity index (χ4n) is 5.79. The molecule has 0 heterocycles. The van der Waals surface area contributed by atoms with Crippen LogP contribution in [0.3, 0.4) is 0 Å². The molecule has 2 nitrogen and oxygen atoms in total. The van der Waals surface area contributed by atoms with Crippen LogP contribution in [0.2, 0.25) is 0 Å². The van der Waals surface area contributed by atoms with Gasteiger partial charge < -0.3 is 0 Å². The second kappa shape index (κ2) is 4.75. The van der Waals surface area contributed by atoms with Crippen LogP contribution in [0.4, 0.5) is 0 Å². The molecule has 1 N–H and O–H groups in total. The molecule has 0 spiro atoms. The van der Waals surface area contributed by atoms with Crippen molar-refractivity contribution in [2.45, 2.75) is 81.8 Å². The number of terminal acetylenes is 1. The summed E-state index contributed by atoms with van der Waals surface area (Å²) in [5.74, 6) is 5.79. The van der Waals surface area contributed by atoms with Crippen molar-refractivity contribution in [3.8, 4) is 12.3 Å². The van der Waals surface area contributed by atoms with E-state index >= 15 is 0 Å². The molecule has 110 valence electrons. The summed E-state index contributed by atoms with van der Waals surface area (Å²) in [6, 6.07) is 0. The summed E-state index contributed by atoms with van der Waals surface area (Å²) in [5, 5.41) is 0. The van der Waals surface area contributed by atoms with Gasteiger partial charge in [0.05, 0.1) is 5.60 Å². The first-order valence-corrected chi connectivity index (χ1v) is 8.64. The van der Waals surface area contributed by atoms with Crippen LogP contribution in [0.1, 0.15) is 70.6 Å². The Labute approximate surface area is 123 Å². The van der Waals surface area contributed by atoms with Crippen molar-refractivity contribution < 1.29 is 4.84 Å². The van der Waals surface area contributed by atoms with E-state index in [4.69, 9.17) is 11.3 Å². The first kappa shape index (κ1) is 13.2. The predicted octanol–water partition coefficient (Wildman–Crippen LogP) is 3.81. The van der Waals surface area contributed by atoms with Gasteiger partial charge in [-0.05, 0) is 69.1 Å². The van der Waals surface area contributed by atoms with E-state index < -0.39 is 0 Å². The van der Waals surface area contributed by atoms with Gasteiger partial charge in [-0.3, -0.25) is 4.84 Å². The van der Waals surface area contributed by atoms with Crippen molar-refractivity contribution in [1.29, 1.82) is 0 Å². The molecule has 0 atom stereocenters. The number of rotatable bonds is 3. The van der Waals surface area contributed by atoms with Crippen LogP contribution in [-0.4, -0.2) is 11.1 Å². The first-order chi connectivity index (χ1) is 9.71. The number of nitrogens with one attached hydrogen (secondary N) is 1. The van der Waals surface area contributed by atoms with Crippen LogP contribution in [0.15, 0.2) is 0 Å². The molecule has 20 heavy (non-hydrogen) atoms. The minimum Gasteiger partial charge on any atom is -0.294 e. The maximum Gasteiger partial charge on any atom is 0.103 e. The SMILES string of the molecule is C#CC1(NOC23CC4CC(CC(C4)C2)C3)CCCCC1. The minimum atomic E-state index is -0.179. The van der Waals surface area contributed by atoms with Gasteiger partial charge in [0.1, 0.15) is 5.54 Å². The van der Waals surface area contributed by atoms with Gasteiger partial charge >= 0.3 is 0 Å². The average molecular weight is 273 g/mol. The number of hydrogen-bond donors (Lipinski definition) is 1. The molecule has 0 unspecified atom stereocenters. The van der Waals surface area contributed by atoms with Crippen LogP contribution in [0.5, 0.6) is 0 Å². The highest BCUT2D eigenvalue weighted by Gasteiger charge is 2.52. The van der Waals surface area contributed by atoms with Crippen LogP contribution in [-0.2, 0) is 4.84 Å². The third-order valence-corrected chi connectivity index (χ3v) is 6.43. The van der Waals surface area contributed by atoms with Crippen LogP contribution in [0, 0.1) is 30.1 Å². The summed E-state index contributed by atoms with van der Waals surface area (Å²) in [5.41, 5.74) is 3.35. The van der Waals surface area contributed by atoms with Gasteiger partial charge in [-0.1, -0.05) is 25.2 Å². The third-order valence-electron chi connectivity index (χ3n) is 6.43. The molecule has 0 saturated heterocycles. The molecule has 0 radical (unpaired) electrons. The Bertz CT molecular complexity index is 380. The molecular weight excluding hydrogens is 246 g/mol. The topological polar surface area (TPSA) is 21.3 Å². The second-order valence-corrected chi connectivity index (χ2v) is 8.09. The molecule has 0 aromatic carbocycles. The van der Waals surface area contributed by atoms with E-state index in [9.17, 15) is 0 Å². The third kappa shape index (κ3) is 2.20. The maximum atomic E-state index is 6.38. The van der Waals surface area contributed by atoms with Crippen molar-refractivity contribution in [2.75, 3.05) is 0 Å². The normalized spacial score (nSPS) is 45.2. The molecule has 2 heteroatoms. The van der Waals surface area contributed by atoms with Gasteiger partial charge in [0.15, 0.2) is 0 Å². The Morgan fingerprint density at radius 2 is 1.45 bits per heavy atom. The van der Waals surface area contributed by atoms with Crippen molar-refractivity contribution >= 4 is 0 Å². The molecule has 5 fully saturated rings. The standard InChI is InChI=1S/C18H27NO/c1-2-17(6-4-3-5-7-17)19-20-18-11-14-8-15(12-18)10-16(9-14)13-18/h1,14-16,19H,3-13H2. The van der Waals surface area contributed by atoms with Crippen molar-refractivity contribution in [1.82, 2.24) is 5.48 Å². The Morgan fingerprint density at radius 1 is 0.900 bits per heavy atom. The summed E-state index contributed by atoms with van der Waals surface area (Å²) in [4.78, 5) is 6.38. The quantitative estimate of drug-likeness (QED) is 0.623. The molecule has 0 amide bonds. The van der Waals surface area contributed by atoms with E-state index in [1.165, 1.54) is 57.8 Å². The molecule has 0 aromatic rings. The van der Waals surface area contributed by atoms with E-state index in [-0.39, 0.29) is 11.1 Å². The average Bonchev–Trinajstić information content (AvgIpc) is 2.45. The van der Waals surface area contributed by atoms with Crippen molar-refractivity contribution in [3.05, 3.63) is 0 Å². The Balaban J connectivity index is 1.45. The van der Waals surface area contributed by atoms with Crippen molar-refractivity contribution in [2.24, 2.45) is 17.8 Å². The first-order valence-electron chi connectivity index (χ1n) is 8.64. The lowest BCUT2D eigenvalue weighted by Gasteiger charge is -2.56. The minimum absolute atomic E-state index is 0.121. The van der Waals surface area contributed by atoms with E-state index in [0.29, 0.717) is 0 Å². The molecule has 5 aliphatic rings. The second-order valence-electron chi connectivity index (χ2n) is 8.09. The van der Waals surface area contributed by atoms with E-state index in [1.54, 1.807) is 0 Å². The van der Waals surface area contributed by atoms with Crippen LogP contribution < -0.4 is 5.48 Å². The summed E-state index contributed by atoms with van der Waals surface area (Å²) >= 11 is 0. The fraction of sp³-hybridized carbons (Fsp3) is 0.889. The maximum absolute atomic E-state index is 6.38. The van der Waals surface area contributed by atoms with Gasteiger partial charge in [0.25, 0.3) is 0 Å². The summed E-state index contributed by atoms with van der Waals surface area (Å²) in [6.07, 6.45) is 20.0. The van der Waals surface area contributed by atoms with Crippen LogP contribution >= 0.6 is 0 Å². The number of hydrogen-bond acceptors (Lipinski definition) is 2. The molecule has 0 aromatic heterocycles.